The van der Waals surface area contributed by atoms with Crippen LogP contribution in [-0.2, 0) is 23.9 Å². The predicted molar refractivity (Wildman–Crippen MR) is 135 cm³/mol. The van der Waals surface area contributed by atoms with Gasteiger partial charge in [0.2, 0.25) is 0 Å². The molecule has 2 heterocycles. The summed E-state index contributed by atoms with van der Waals surface area (Å²) in [5, 5.41) is 5.25. The van der Waals surface area contributed by atoms with Crippen LogP contribution in [0.25, 0.3) is 0 Å². The highest BCUT2D eigenvalue weighted by atomic mass is 32.1. The molecule has 1 aromatic carbocycles. The van der Waals surface area contributed by atoms with Crippen LogP contribution in [0.15, 0.2) is 64.3 Å². The normalized spacial score (nSPS) is 21.7. The molecule has 190 valence electrons. The molecule has 0 spiro atoms. The number of esters is 2. The van der Waals surface area contributed by atoms with E-state index < -0.39 is 41.3 Å². The molecule has 1 aromatic heterocycles. The fraction of sp³-hybridized carbons (Fsp3) is 0.393. The van der Waals surface area contributed by atoms with Gasteiger partial charge in [0, 0.05) is 33.3 Å². The van der Waals surface area contributed by atoms with Gasteiger partial charge in [-0.05, 0) is 44.2 Å². The van der Waals surface area contributed by atoms with Crippen LogP contribution < -0.4 is 5.32 Å². The van der Waals surface area contributed by atoms with Crippen molar-refractivity contribution in [3.63, 3.8) is 0 Å². The zero-order valence-electron chi connectivity index (χ0n) is 20.6. The monoisotopic (exact) mass is 511 g/mol. The van der Waals surface area contributed by atoms with Crippen LogP contribution in [0.2, 0.25) is 0 Å². The van der Waals surface area contributed by atoms with Crippen molar-refractivity contribution < 1.29 is 28.2 Å². The van der Waals surface area contributed by atoms with E-state index in [0.29, 0.717) is 24.2 Å². The molecule has 1 aliphatic carbocycles. The molecule has 0 radical (unpaired) electrons. The molecule has 0 amide bonds. The SMILES string of the molecule is CCCC1=C(C(=O)OCC)[C@H](c2ccccc2F)C2=C(C[C@@H](c3cccs3)[C@H](C(=O)OCC)C2=O)N1. The highest BCUT2D eigenvalue weighted by Crippen LogP contribution is 2.49. The topological polar surface area (TPSA) is 81.7 Å². The molecule has 0 saturated heterocycles. The zero-order valence-corrected chi connectivity index (χ0v) is 21.5. The van der Waals surface area contributed by atoms with Crippen molar-refractivity contribution in [2.24, 2.45) is 5.92 Å². The molecule has 1 aliphatic heterocycles. The molecule has 6 nitrogen and oxygen atoms in total. The minimum absolute atomic E-state index is 0.134. The third-order valence-electron chi connectivity index (χ3n) is 6.56. The molecule has 2 aromatic rings. The van der Waals surface area contributed by atoms with Crippen molar-refractivity contribution >= 4 is 29.1 Å². The standard InChI is InChI=1S/C28H30FNO5S/c1-4-10-19-25(28(33)35-6-3)22(16-11-7-8-12-18(16)29)24-20(30-19)15-17(21-13-9-14-36-21)23(26(24)31)27(32)34-5-2/h7-9,11-14,17,22-23,30H,4-6,10,15H2,1-3H3/t17-,22+,23-/m0/s1. The summed E-state index contributed by atoms with van der Waals surface area (Å²) in [5.74, 6) is -4.70. The van der Waals surface area contributed by atoms with E-state index >= 15 is 4.39 Å². The second kappa shape index (κ2) is 11.2. The number of dihydropyridines is 1. The summed E-state index contributed by atoms with van der Waals surface area (Å²) in [7, 11) is 0. The molecule has 0 bridgehead atoms. The molecule has 0 unspecified atom stereocenters. The van der Waals surface area contributed by atoms with Gasteiger partial charge in [-0.25, -0.2) is 9.18 Å². The Labute approximate surface area is 214 Å². The van der Waals surface area contributed by atoms with E-state index in [1.807, 2.05) is 24.4 Å². The molecule has 0 saturated carbocycles. The van der Waals surface area contributed by atoms with E-state index in [0.717, 1.165) is 11.3 Å². The Bertz CT molecular complexity index is 1220. The maximum Gasteiger partial charge on any atom is 0.336 e. The molecule has 0 fully saturated rings. The van der Waals surface area contributed by atoms with Crippen LogP contribution in [0.3, 0.4) is 0 Å². The number of carbonyl (C=O) groups is 3. The van der Waals surface area contributed by atoms with Crippen molar-refractivity contribution in [3.05, 3.63) is 80.6 Å². The zero-order chi connectivity index (χ0) is 25.8. The van der Waals surface area contributed by atoms with Gasteiger partial charge in [0.15, 0.2) is 5.78 Å². The fourth-order valence-electron chi connectivity index (χ4n) is 5.14. The smallest absolute Gasteiger partial charge is 0.336 e. The van der Waals surface area contributed by atoms with Gasteiger partial charge in [-0.3, -0.25) is 9.59 Å². The van der Waals surface area contributed by atoms with Crippen molar-refractivity contribution in [3.8, 4) is 0 Å². The summed E-state index contributed by atoms with van der Waals surface area (Å²) in [6.07, 6.45) is 1.61. The second-order valence-electron chi connectivity index (χ2n) is 8.75. The molecule has 8 heteroatoms. The summed E-state index contributed by atoms with van der Waals surface area (Å²) in [6, 6.07) is 9.92. The number of thiophene rings is 1. The molecular formula is C28H30FNO5S. The first-order valence-electron chi connectivity index (χ1n) is 12.3. The van der Waals surface area contributed by atoms with Gasteiger partial charge in [-0.2, -0.15) is 0 Å². The molecule has 1 N–H and O–H groups in total. The van der Waals surface area contributed by atoms with Crippen LogP contribution in [0.5, 0.6) is 0 Å². The lowest BCUT2D eigenvalue weighted by Crippen LogP contribution is -2.43. The number of allylic oxidation sites excluding steroid dienone is 3. The Kier molecular flexibility index (Phi) is 8.04. The number of carbonyl (C=O) groups excluding carboxylic acids is 3. The average molecular weight is 512 g/mol. The Morgan fingerprint density at radius 2 is 1.83 bits per heavy atom. The Balaban J connectivity index is 1.94. The first-order valence-corrected chi connectivity index (χ1v) is 13.2. The van der Waals surface area contributed by atoms with E-state index in [1.165, 1.54) is 17.4 Å². The second-order valence-corrected chi connectivity index (χ2v) is 9.73. The highest BCUT2D eigenvalue weighted by molar-refractivity contribution is 7.10. The molecule has 36 heavy (non-hydrogen) atoms. The summed E-state index contributed by atoms with van der Waals surface area (Å²) >= 11 is 1.48. The Morgan fingerprint density at radius 3 is 2.47 bits per heavy atom. The minimum Gasteiger partial charge on any atom is -0.465 e. The largest absolute Gasteiger partial charge is 0.465 e. The molecular weight excluding hydrogens is 481 g/mol. The molecule has 2 aliphatic rings. The highest BCUT2D eigenvalue weighted by Gasteiger charge is 2.50. The Hall–Kier alpha value is -3.26. The quantitative estimate of drug-likeness (QED) is 0.379. The summed E-state index contributed by atoms with van der Waals surface area (Å²) in [5.41, 5.74) is 1.88. The third-order valence-corrected chi connectivity index (χ3v) is 7.57. The van der Waals surface area contributed by atoms with Crippen molar-refractivity contribution in [2.75, 3.05) is 13.2 Å². The van der Waals surface area contributed by atoms with Gasteiger partial charge in [-0.15, -0.1) is 11.3 Å². The number of hydrogen-bond acceptors (Lipinski definition) is 7. The van der Waals surface area contributed by atoms with Gasteiger partial charge in [0.05, 0.1) is 24.7 Å². The minimum atomic E-state index is -1.09. The summed E-state index contributed by atoms with van der Waals surface area (Å²) in [6.45, 7) is 5.65. The Morgan fingerprint density at radius 1 is 1.08 bits per heavy atom. The van der Waals surface area contributed by atoms with Crippen LogP contribution in [0.4, 0.5) is 4.39 Å². The van der Waals surface area contributed by atoms with E-state index in [-0.39, 0.29) is 29.9 Å². The van der Waals surface area contributed by atoms with Gasteiger partial charge < -0.3 is 14.8 Å². The van der Waals surface area contributed by atoms with E-state index in [4.69, 9.17) is 9.47 Å². The number of ether oxygens (including phenoxy) is 2. The van der Waals surface area contributed by atoms with E-state index in [2.05, 4.69) is 5.32 Å². The maximum absolute atomic E-state index is 15.3. The van der Waals surface area contributed by atoms with Gasteiger partial charge in [-0.1, -0.05) is 37.6 Å². The fourth-order valence-corrected chi connectivity index (χ4v) is 6.00. The van der Waals surface area contributed by atoms with Crippen molar-refractivity contribution in [1.29, 1.82) is 0 Å². The first-order chi connectivity index (χ1) is 17.4. The molecule has 3 atom stereocenters. The molecule has 4 rings (SSSR count). The number of ketones is 1. The van der Waals surface area contributed by atoms with Crippen LogP contribution in [0, 0.1) is 11.7 Å². The van der Waals surface area contributed by atoms with Gasteiger partial charge in [0.25, 0.3) is 0 Å². The number of hydrogen-bond donors (Lipinski definition) is 1. The number of nitrogens with one attached hydrogen (secondary N) is 1. The maximum atomic E-state index is 15.3. The van der Waals surface area contributed by atoms with Crippen molar-refractivity contribution in [1.82, 2.24) is 5.32 Å². The van der Waals surface area contributed by atoms with Crippen LogP contribution >= 0.6 is 11.3 Å². The third kappa shape index (κ3) is 4.74. The van der Waals surface area contributed by atoms with E-state index in [9.17, 15) is 14.4 Å². The lowest BCUT2D eigenvalue weighted by atomic mass is 9.68. The first kappa shape index (κ1) is 25.8. The van der Waals surface area contributed by atoms with Gasteiger partial charge >= 0.3 is 11.9 Å². The predicted octanol–water partition coefficient (Wildman–Crippen LogP) is 5.38. The number of Topliss-reactive ketones (excluding diaryl/α,β-unsaturated/α-hetero) is 1. The van der Waals surface area contributed by atoms with Crippen molar-refractivity contribution in [2.45, 2.75) is 51.9 Å². The lowest BCUT2D eigenvalue weighted by Gasteiger charge is -2.39. The summed E-state index contributed by atoms with van der Waals surface area (Å²) in [4.78, 5) is 41.5. The van der Waals surface area contributed by atoms with Gasteiger partial charge in [0.1, 0.15) is 11.7 Å². The number of benzene rings is 1. The summed E-state index contributed by atoms with van der Waals surface area (Å²) < 4.78 is 25.9. The number of rotatable bonds is 8. The average Bonchev–Trinajstić information content (AvgIpc) is 3.39. The lowest BCUT2D eigenvalue weighted by molar-refractivity contribution is -0.152. The van der Waals surface area contributed by atoms with Crippen LogP contribution in [0.1, 0.15) is 62.3 Å². The van der Waals surface area contributed by atoms with Crippen LogP contribution in [-0.4, -0.2) is 30.9 Å². The number of halogens is 1. The van der Waals surface area contributed by atoms with E-state index in [1.54, 1.807) is 32.0 Å².